The van der Waals surface area contributed by atoms with Gasteiger partial charge in [0.2, 0.25) is 5.91 Å². The minimum atomic E-state index is -0.636. The second-order valence-corrected chi connectivity index (χ2v) is 10.00. The summed E-state index contributed by atoms with van der Waals surface area (Å²) in [7, 11) is 1.69. The number of hydrogen-bond donors (Lipinski definition) is 1. The van der Waals surface area contributed by atoms with Crippen molar-refractivity contribution in [2.24, 2.45) is 5.92 Å². The van der Waals surface area contributed by atoms with Crippen LogP contribution in [0.5, 0.6) is 0 Å². The first-order chi connectivity index (χ1) is 17.7. The Bertz CT molecular complexity index is 1370. The van der Waals surface area contributed by atoms with Crippen LogP contribution < -0.4 is 10.2 Å². The Labute approximate surface area is 216 Å². The first kappa shape index (κ1) is 24.5. The van der Waals surface area contributed by atoms with Crippen LogP contribution in [0.4, 0.5) is 5.69 Å². The van der Waals surface area contributed by atoms with Crippen LogP contribution in [-0.4, -0.2) is 53.6 Å². The summed E-state index contributed by atoms with van der Waals surface area (Å²) in [6, 6.07) is 11.5. The van der Waals surface area contributed by atoms with E-state index in [1.165, 1.54) is 4.90 Å². The number of hydrogen-bond acceptors (Lipinski definition) is 4. The number of benzene rings is 2. The van der Waals surface area contributed by atoms with E-state index in [9.17, 15) is 19.2 Å². The van der Waals surface area contributed by atoms with Crippen molar-refractivity contribution >= 4 is 29.3 Å². The maximum absolute atomic E-state index is 13.2. The van der Waals surface area contributed by atoms with Crippen molar-refractivity contribution < 1.29 is 19.2 Å². The van der Waals surface area contributed by atoms with Crippen LogP contribution in [0.25, 0.3) is 11.1 Å². The monoisotopic (exact) mass is 498 g/mol. The summed E-state index contributed by atoms with van der Waals surface area (Å²) in [5.74, 6) is -0.775. The van der Waals surface area contributed by atoms with Gasteiger partial charge in [-0.2, -0.15) is 0 Å². The molecule has 5 rings (SSSR count). The second-order valence-electron chi connectivity index (χ2n) is 10.00. The summed E-state index contributed by atoms with van der Waals surface area (Å²) in [6.07, 6.45) is 2.99. The molecule has 37 heavy (non-hydrogen) atoms. The van der Waals surface area contributed by atoms with Gasteiger partial charge in [-0.1, -0.05) is 31.4 Å². The number of anilines is 1. The highest BCUT2D eigenvalue weighted by Gasteiger charge is 2.34. The van der Waals surface area contributed by atoms with Gasteiger partial charge in [-0.05, 0) is 65.6 Å². The zero-order valence-electron chi connectivity index (χ0n) is 21.2. The number of carbonyl (C=O) groups excluding carboxylic acids is 4. The van der Waals surface area contributed by atoms with Crippen LogP contribution in [0.3, 0.4) is 0 Å². The first-order valence-electron chi connectivity index (χ1n) is 12.5. The third-order valence-corrected chi connectivity index (χ3v) is 7.32. The number of nitrogens with one attached hydrogen (secondary N) is 1. The molecule has 1 N–H and O–H groups in total. The number of likely N-dealkylation sites (N-methyl/N-ethyl adjacent to an activating group) is 1. The maximum Gasteiger partial charge on any atom is 0.271 e. The van der Waals surface area contributed by atoms with Gasteiger partial charge < -0.3 is 15.1 Å². The zero-order valence-corrected chi connectivity index (χ0v) is 21.2. The van der Waals surface area contributed by atoms with Crippen molar-refractivity contribution in [1.29, 1.82) is 0 Å². The van der Waals surface area contributed by atoms with Crippen LogP contribution in [0.1, 0.15) is 41.3 Å². The van der Waals surface area contributed by atoms with E-state index < -0.39 is 5.91 Å². The normalized spacial score (nSPS) is 15.8. The molecule has 2 aromatic carbocycles. The number of amides is 4. The summed E-state index contributed by atoms with van der Waals surface area (Å²) < 4.78 is 0. The molecule has 0 saturated heterocycles. The lowest BCUT2D eigenvalue weighted by Gasteiger charge is -2.21. The van der Waals surface area contributed by atoms with E-state index in [2.05, 4.69) is 24.5 Å². The highest BCUT2D eigenvalue weighted by atomic mass is 16.2. The second kappa shape index (κ2) is 9.35. The van der Waals surface area contributed by atoms with Crippen molar-refractivity contribution in [3.8, 4) is 11.1 Å². The van der Waals surface area contributed by atoms with Crippen molar-refractivity contribution in [3.63, 3.8) is 0 Å². The van der Waals surface area contributed by atoms with Gasteiger partial charge in [0.15, 0.2) is 0 Å². The molecule has 0 unspecified atom stereocenters. The fraction of sp³-hybridized carbons (Fsp3) is 0.310. The summed E-state index contributed by atoms with van der Waals surface area (Å²) in [5, 5.41) is 2.52. The van der Waals surface area contributed by atoms with Crippen LogP contribution in [0, 0.1) is 5.92 Å². The Balaban J connectivity index is 1.32. The van der Waals surface area contributed by atoms with Crippen LogP contribution in [0.2, 0.25) is 0 Å². The molecule has 8 heteroatoms. The predicted molar refractivity (Wildman–Crippen MR) is 140 cm³/mol. The Hall–Kier alpha value is -4.20. The lowest BCUT2D eigenvalue weighted by atomic mass is 9.95. The molecule has 3 aliphatic rings. The Morgan fingerprint density at radius 3 is 2.51 bits per heavy atom. The van der Waals surface area contributed by atoms with Gasteiger partial charge in [0.25, 0.3) is 17.7 Å². The fourth-order valence-corrected chi connectivity index (χ4v) is 5.10. The minimum absolute atomic E-state index is 0.0177. The highest BCUT2D eigenvalue weighted by Crippen LogP contribution is 2.37. The van der Waals surface area contributed by atoms with Gasteiger partial charge in [0, 0.05) is 38.3 Å². The largest absolute Gasteiger partial charge is 0.340 e. The minimum Gasteiger partial charge on any atom is -0.340 e. The third kappa shape index (κ3) is 4.55. The number of nitrogens with zero attached hydrogens (tertiary/aromatic N) is 3. The molecule has 2 aliphatic heterocycles. The molecule has 1 aliphatic carbocycles. The average molecular weight is 499 g/mol. The summed E-state index contributed by atoms with van der Waals surface area (Å²) >= 11 is 0. The predicted octanol–water partition coefficient (Wildman–Crippen LogP) is 3.23. The molecule has 4 amide bonds. The van der Waals surface area contributed by atoms with E-state index in [0.29, 0.717) is 24.6 Å². The molecule has 190 valence electrons. The Kier molecular flexibility index (Phi) is 6.19. The highest BCUT2D eigenvalue weighted by molar-refractivity contribution is 6.08. The van der Waals surface area contributed by atoms with Crippen molar-refractivity contribution in [1.82, 2.24) is 15.1 Å². The van der Waals surface area contributed by atoms with Gasteiger partial charge in [-0.15, -0.1) is 0 Å². The van der Waals surface area contributed by atoms with Gasteiger partial charge in [0.1, 0.15) is 5.70 Å². The molecule has 0 atom stereocenters. The van der Waals surface area contributed by atoms with Crippen LogP contribution in [-0.2, 0) is 27.3 Å². The molecule has 0 bridgehead atoms. The molecule has 1 fully saturated rings. The number of carbonyl (C=O) groups is 4. The topological polar surface area (TPSA) is 90.0 Å². The van der Waals surface area contributed by atoms with Gasteiger partial charge in [-0.25, -0.2) is 0 Å². The van der Waals surface area contributed by atoms with E-state index in [1.807, 2.05) is 24.3 Å². The molecular weight excluding hydrogens is 468 g/mol. The number of rotatable bonds is 7. The SMILES string of the molecule is C=C(NC(=O)C(=C)N1Cc2c(cccc2-c2ccc3c(c2)CCN3C(C)=O)C1=O)C(=O)N(C)CC1CC1. The lowest BCUT2D eigenvalue weighted by molar-refractivity contribution is -0.128. The Morgan fingerprint density at radius 2 is 1.81 bits per heavy atom. The third-order valence-electron chi connectivity index (χ3n) is 7.32. The average Bonchev–Trinajstić information content (AvgIpc) is 3.48. The standard InChI is InChI=1S/C29H30N4O4/c1-17(28(36)31(4)15-20-8-9-20)30-27(35)18(2)33-16-25-23(6-5-7-24(25)29(33)37)21-10-11-26-22(14-21)12-13-32(26)19(3)34/h5-7,10-11,14,20H,1-2,8-9,12-13,15-16H2,3-4H3,(H,30,35). The van der Waals surface area contributed by atoms with E-state index in [4.69, 9.17) is 0 Å². The van der Waals surface area contributed by atoms with E-state index in [-0.39, 0.29) is 35.7 Å². The van der Waals surface area contributed by atoms with Crippen LogP contribution in [0.15, 0.2) is 61.0 Å². The quantitative estimate of drug-likeness (QED) is 0.594. The zero-order chi connectivity index (χ0) is 26.4. The summed E-state index contributed by atoms with van der Waals surface area (Å²) in [4.78, 5) is 55.2. The van der Waals surface area contributed by atoms with E-state index in [0.717, 1.165) is 47.2 Å². The van der Waals surface area contributed by atoms with Crippen molar-refractivity contribution in [2.45, 2.75) is 32.7 Å². The molecule has 1 saturated carbocycles. The van der Waals surface area contributed by atoms with E-state index >= 15 is 0 Å². The molecular formula is C29H30N4O4. The smallest absolute Gasteiger partial charge is 0.271 e. The maximum atomic E-state index is 13.2. The van der Waals surface area contributed by atoms with Gasteiger partial charge in [0.05, 0.1) is 12.2 Å². The summed E-state index contributed by atoms with van der Waals surface area (Å²) in [6.45, 7) is 10.6. The van der Waals surface area contributed by atoms with Gasteiger partial charge in [-0.3, -0.25) is 24.1 Å². The molecule has 0 radical (unpaired) electrons. The number of fused-ring (bicyclic) bond motifs is 2. The Morgan fingerprint density at radius 1 is 1.08 bits per heavy atom. The molecule has 2 aromatic rings. The molecule has 8 nitrogen and oxygen atoms in total. The molecule has 0 spiro atoms. The molecule has 2 heterocycles. The molecule has 0 aromatic heterocycles. The lowest BCUT2D eigenvalue weighted by Crippen LogP contribution is -2.39. The fourth-order valence-electron chi connectivity index (χ4n) is 5.10. The summed E-state index contributed by atoms with van der Waals surface area (Å²) in [5.41, 5.74) is 5.08. The van der Waals surface area contributed by atoms with Gasteiger partial charge >= 0.3 is 0 Å². The van der Waals surface area contributed by atoms with Crippen LogP contribution >= 0.6 is 0 Å². The van der Waals surface area contributed by atoms with Crippen molar-refractivity contribution in [2.75, 3.05) is 25.0 Å². The van der Waals surface area contributed by atoms with E-state index in [1.54, 1.807) is 29.8 Å². The first-order valence-corrected chi connectivity index (χ1v) is 12.5. The van der Waals surface area contributed by atoms with Crippen molar-refractivity contribution in [3.05, 3.63) is 77.6 Å².